The van der Waals surface area contributed by atoms with Crippen molar-refractivity contribution in [3.63, 3.8) is 0 Å². The summed E-state index contributed by atoms with van der Waals surface area (Å²) in [6.07, 6.45) is 1.13. The van der Waals surface area contributed by atoms with Crippen molar-refractivity contribution in [3.8, 4) is 11.5 Å². The van der Waals surface area contributed by atoms with Gasteiger partial charge in [-0.3, -0.25) is 4.79 Å². The predicted molar refractivity (Wildman–Crippen MR) is 90.0 cm³/mol. The highest BCUT2D eigenvalue weighted by molar-refractivity contribution is 5.85. The van der Waals surface area contributed by atoms with Crippen LogP contribution in [0.3, 0.4) is 0 Å². The van der Waals surface area contributed by atoms with Gasteiger partial charge in [0, 0.05) is 32.7 Å². The van der Waals surface area contributed by atoms with Gasteiger partial charge >= 0.3 is 0 Å². The zero-order valence-electron chi connectivity index (χ0n) is 13.6. The highest BCUT2D eigenvalue weighted by atomic mass is 35.5. The number of fused-ring (bicyclic) bond motifs is 1. The van der Waals surface area contributed by atoms with E-state index in [1.165, 1.54) is 0 Å². The molecule has 0 fully saturated rings. The third-order valence-electron chi connectivity index (χ3n) is 3.54. The third kappa shape index (κ3) is 5.89. The molecule has 1 unspecified atom stereocenters. The molecule has 0 bridgehead atoms. The number of benzene rings is 1. The van der Waals surface area contributed by atoms with E-state index in [-0.39, 0.29) is 31.1 Å². The Morgan fingerprint density at radius 1 is 1.39 bits per heavy atom. The van der Waals surface area contributed by atoms with Gasteiger partial charge in [0.15, 0.2) is 11.5 Å². The van der Waals surface area contributed by atoms with Crippen LogP contribution in [0.4, 0.5) is 0 Å². The van der Waals surface area contributed by atoms with E-state index in [9.17, 15) is 4.79 Å². The number of methoxy groups -OCH3 is 1. The van der Waals surface area contributed by atoms with Crippen LogP contribution in [0.25, 0.3) is 0 Å². The number of nitrogens with zero attached hydrogens (tertiary/aromatic N) is 1. The quantitative estimate of drug-likeness (QED) is 0.780. The number of ether oxygens (including phenoxy) is 3. The predicted octanol–water partition coefficient (Wildman–Crippen LogP) is 1.94. The van der Waals surface area contributed by atoms with Crippen LogP contribution in [0.15, 0.2) is 18.2 Å². The second-order valence-electron chi connectivity index (χ2n) is 5.51. The minimum Gasteiger partial charge on any atom is -0.454 e. The normalized spacial score (nSPS) is 13.3. The summed E-state index contributed by atoms with van der Waals surface area (Å²) in [5, 5.41) is 0. The Labute approximate surface area is 143 Å². The highest BCUT2D eigenvalue weighted by Gasteiger charge is 2.17. The van der Waals surface area contributed by atoms with Gasteiger partial charge in [-0.25, -0.2) is 0 Å². The zero-order valence-corrected chi connectivity index (χ0v) is 14.4. The molecular formula is C16H25ClN2O4. The number of hydrogen-bond acceptors (Lipinski definition) is 5. The van der Waals surface area contributed by atoms with Crippen molar-refractivity contribution in [2.45, 2.75) is 32.4 Å². The number of carbonyl (C=O) groups excluding carboxylic acids is 1. The number of hydrogen-bond donors (Lipinski definition) is 1. The maximum atomic E-state index is 12.4. The fraction of sp³-hybridized carbons (Fsp3) is 0.562. The van der Waals surface area contributed by atoms with Gasteiger partial charge in [-0.05, 0) is 31.0 Å². The number of carbonyl (C=O) groups is 1. The van der Waals surface area contributed by atoms with Crippen LogP contribution in [0, 0.1) is 0 Å². The van der Waals surface area contributed by atoms with Crippen molar-refractivity contribution in [3.05, 3.63) is 23.8 Å². The van der Waals surface area contributed by atoms with Crippen LogP contribution in [-0.2, 0) is 16.1 Å². The maximum absolute atomic E-state index is 12.4. The van der Waals surface area contributed by atoms with E-state index in [2.05, 4.69) is 0 Å². The Bertz CT molecular complexity index is 511. The lowest BCUT2D eigenvalue weighted by molar-refractivity contribution is -0.132. The fourth-order valence-electron chi connectivity index (χ4n) is 2.26. The third-order valence-corrected chi connectivity index (χ3v) is 3.54. The highest BCUT2D eigenvalue weighted by Crippen LogP contribution is 2.32. The van der Waals surface area contributed by atoms with Crippen molar-refractivity contribution in [2.24, 2.45) is 5.73 Å². The van der Waals surface area contributed by atoms with Crippen LogP contribution in [0.1, 0.15) is 25.3 Å². The first kappa shape index (κ1) is 19.5. The summed E-state index contributed by atoms with van der Waals surface area (Å²) in [5.41, 5.74) is 6.74. The molecule has 23 heavy (non-hydrogen) atoms. The Kier molecular flexibility index (Phi) is 8.16. The molecule has 0 radical (unpaired) electrons. The van der Waals surface area contributed by atoms with Crippen LogP contribution < -0.4 is 15.2 Å². The first-order chi connectivity index (χ1) is 10.6. The van der Waals surface area contributed by atoms with Crippen molar-refractivity contribution in [1.82, 2.24) is 4.90 Å². The van der Waals surface area contributed by atoms with Crippen molar-refractivity contribution in [2.75, 3.05) is 27.1 Å². The van der Waals surface area contributed by atoms with Gasteiger partial charge in [0.05, 0.1) is 6.61 Å². The molecule has 0 aliphatic carbocycles. The van der Waals surface area contributed by atoms with Gasteiger partial charge in [0.2, 0.25) is 12.7 Å². The molecule has 0 aromatic heterocycles. The Hall–Kier alpha value is -1.50. The molecule has 1 heterocycles. The lowest BCUT2D eigenvalue weighted by atomic mass is 10.1. The number of nitrogens with two attached hydrogens (primary N) is 1. The molecular weight excluding hydrogens is 320 g/mol. The lowest BCUT2D eigenvalue weighted by Gasteiger charge is -2.23. The van der Waals surface area contributed by atoms with Crippen LogP contribution in [0.5, 0.6) is 11.5 Å². The van der Waals surface area contributed by atoms with Gasteiger partial charge in [0.25, 0.3) is 0 Å². The number of rotatable bonds is 8. The van der Waals surface area contributed by atoms with Crippen molar-refractivity contribution >= 4 is 18.3 Å². The molecule has 7 heteroatoms. The van der Waals surface area contributed by atoms with E-state index in [4.69, 9.17) is 19.9 Å². The minimum atomic E-state index is 0. The smallest absolute Gasteiger partial charge is 0.231 e. The first-order valence-electron chi connectivity index (χ1n) is 7.51. The van der Waals surface area contributed by atoms with E-state index < -0.39 is 0 Å². The fourth-order valence-corrected chi connectivity index (χ4v) is 2.26. The first-order valence-corrected chi connectivity index (χ1v) is 7.51. The van der Waals surface area contributed by atoms with E-state index >= 15 is 0 Å². The summed E-state index contributed by atoms with van der Waals surface area (Å²) in [6.45, 7) is 3.75. The number of amides is 1. The summed E-state index contributed by atoms with van der Waals surface area (Å²) < 4.78 is 15.8. The molecule has 1 amide bonds. The molecule has 2 rings (SSSR count). The molecule has 1 atom stereocenters. The monoisotopic (exact) mass is 344 g/mol. The molecule has 2 N–H and O–H groups in total. The van der Waals surface area contributed by atoms with E-state index in [1.54, 1.807) is 12.0 Å². The van der Waals surface area contributed by atoms with E-state index in [0.29, 0.717) is 32.5 Å². The average Bonchev–Trinajstić information content (AvgIpc) is 2.96. The maximum Gasteiger partial charge on any atom is 0.231 e. The van der Waals surface area contributed by atoms with Crippen molar-refractivity contribution < 1.29 is 19.0 Å². The zero-order chi connectivity index (χ0) is 15.9. The molecule has 1 aromatic rings. The van der Waals surface area contributed by atoms with E-state index in [0.717, 1.165) is 17.1 Å². The second-order valence-corrected chi connectivity index (χ2v) is 5.51. The Morgan fingerprint density at radius 2 is 2.13 bits per heavy atom. The largest absolute Gasteiger partial charge is 0.454 e. The lowest BCUT2D eigenvalue weighted by Crippen LogP contribution is -2.34. The van der Waals surface area contributed by atoms with Gasteiger partial charge in [0.1, 0.15) is 0 Å². The van der Waals surface area contributed by atoms with Crippen LogP contribution >= 0.6 is 12.4 Å². The molecule has 1 aliphatic rings. The molecule has 6 nitrogen and oxygen atoms in total. The Balaban J connectivity index is 0.00000264. The van der Waals surface area contributed by atoms with Gasteiger partial charge in [-0.15, -0.1) is 12.4 Å². The van der Waals surface area contributed by atoms with Gasteiger partial charge in [-0.1, -0.05) is 6.07 Å². The second kappa shape index (κ2) is 9.60. The van der Waals surface area contributed by atoms with Gasteiger partial charge in [-0.2, -0.15) is 0 Å². The van der Waals surface area contributed by atoms with E-state index in [1.807, 2.05) is 25.1 Å². The molecule has 1 aromatic carbocycles. The molecule has 0 saturated heterocycles. The summed E-state index contributed by atoms with van der Waals surface area (Å²) >= 11 is 0. The standard InChI is InChI=1S/C16H24N2O4.ClH/c1-12(17)3-6-16(19)18(7-8-20-2)10-13-4-5-14-15(9-13)22-11-21-14;/h4-5,9,12H,3,6-8,10-11,17H2,1-2H3;1H. The molecule has 0 spiro atoms. The topological polar surface area (TPSA) is 74.0 Å². The molecule has 0 saturated carbocycles. The van der Waals surface area contributed by atoms with Crippen LogP contribution in [-0.4, -0.2) is 43.9 Å². The molecule has 1 aliphatic heterocycles. The SMILES string of the molecule is COCCN(Cc1ccc2c(c1)OCO2)C(=O)CCC(C)N.Cl. The summed E-state index contributed by atoms with van der Waals surface area (Å²) in [6, 6.07) is 5.77. The number of halogens is 1. The van der Waals surface area contributed by atoms with Crippen LogP contribution in [0.2, 0.25) is 0 Å². The average molecular weight is 345 g/mol. The molecule has 130 valence electrons. The summed E-state index contributed by atoms with van der Waals surface area (Å²) in [5.74, 6) is 1.56. The minimum absolute atomic E-state index is 0. The summed E-state index contributed by atoms with van der Waals surface area (Å²) in [4.78, 5) is 14.1. The van der Waals surface area contributed by atoms with Crippen molar-refractivity contribution in [1.29, 1.82) is 0 Å². The van der Waals surface area contributed by atoms with Gasteiger partial charge < -0.3 is 24.8 Å². The summed E-state index contributed by atoms with van der Waals surface area (Å²) in [7, 11) is 1.63. The Morgan fingerprint density at radius 3 is 2.83 bits per heavy atom.